The van der Waals surface area contributed by atoms with E-state index in [0.29, 0.717) is 5.95 Å². The number of aryl methyl sites for hydroxylation is 1. The van der Waals surface area contributed by atoms with Crippen molar-refractivity contribution in [3.05, 3.63) is 30.0 Å². The van der Waals surface area contributed by atoms with Crippen molar-refractivity contribution in [3.8, 4) is 11.5 Å². The van der Waals surface area contributed by atoms with Gasteiger partial charge in [-0.2, -0.15) is 4.98 Å². The van der Waals surface area contributed by atoms with Crippen LogP contribution in [-0.2, 0) is 0 Å². The normalized spacial score (nSPS) is 12.3. The minimum Gasteiger partial charge on any atom is -0.454 e. The fraction of sp³-hybridized carbons (Fsp3) is 0.231. The summed E-state index contributed by atoms with van der Waals surface area (Å²) in [5.41, 5.74) is 1.78. The van der Waals surface area contributed by atoms with Crippen LogP contribution in [0.15, 0.2) is 24.3 Å². The van der Waals surface area contributed by atoms with Crippen LogP contribution in [0.2, 0.25) is 0 Å². The van der Waals surface area contributed by atoms with Gasteiger partial charge in [-0.3, -0.25) is 0 Å². The van der Waals surface area contributed by atoms with E-state index in [4.69, 9.17) is 9.47 Å². The van der Waals surface area contributed by atoms with Gasteiger partial charge in [-0.05, 0) is 19.1 Å². The largest absolute Gasteiger partial charge is 0.454 e. The highest BCUT2D eigenvalue weighted by atomic mass is 16.7. The highest BCUT2D eigenvalue weighted by molar-refractivity contribution is 5.62. The first kappa shape index (κ1) is 11.6. The Morgan fingerprint density at radius 2 is 1.95 bits per heavy atom. The molecule has 2 aromatic rings. The average Bonchev–Trinajstić information content (AvgIpc) is 2.85. The average molecular weight is 258 g/mol. The van der Waals surface area contributed by atoms with E-state index in [-0.39, 0.29) is 6.79 Å². The van der Waals surface area contributed by atoms with E-state index in [2.05, 4.69) is 20.6 Å². The minimum absolute atomic E-state index is 0.273. The van der Waals surface area contributed by atoms with Crippen LogP contribution < -0.4 is 20.1 Å². The van der Waals surface area contributed by atoms with Gasteiger partial charge in [0.2, 0.25) is 12.7 Å². The topological polar surface area (TPSA) is 68.3 Å². The molecule has 98 valence electrons. The van der Waals surface area contributed by atoms with Crippen molar-refractivity contribution in [1.29, 1.82) is 0 Å². The Kier molecular flexibility index (Phi) is 2.83. The Bertz CT molecular complexity index is 616. The van der Waals surface area contributed by atoms with Crippen molar-refractivity contribution in [2.75, 3.05) is 24.5 Å². The summed E-state index contributed by atoms with van der Waals surface area (Å²) in [5.74, 6) is 2.82. The monoisotopic (exact) mass is 258 g/mol. The lowest BCUT2D eigenvalue weighted by atomic mass is 10.2. The lowest BCUT2D eigenvalue weighted by molar-refractivity contribution is 0.174. The Hall–Kier alpha value is -2.50. The molecular weight excluding hydrogens is 244 g/mol. The molecule has 2 N–H and O–H groups in total. The van der Waals surface area contributed by atoms with Crippen molar-refractivity contribution in [2.24, 2.45) is 0 Å². The molecule has 0 bridgehead atoms. The maximum absolute atomic E-state index is 5.34. The van der Waals surface area contributed by atoms with Crippen LogP contribution >= 0.6 is 0 Å². The molecule has 3 rings (SSSR count). The molecule has 0 radical (unpaired) electrons. The number of anilines is 3. The summed E-state index contributed by atoms with van der Waals surface area (Å²) in [4.78, 5) is 8.58. The van der Waals surface area contributed by atoms with Gasteiger partial charge in [0.1, 0.15) is 5.82 Å². The standard InChI is InChI=1S/C13H14N4O2/c1-8-5-12(17-13(14-2)15-8)16-9-3-4-10-11(6-9)19-7-18-10/h3-6H,7H2,1-2H3,(H2,14,15,16,17). The molecule has 0 unspecified atom stereocenters. The fourth-order valence-electron chi connectivity index (χ4n) is 1.87. The SMILES string of the molecule is CNc1nc(C)cc(Nc2ccc3c(c2)OCO3)n1. The number of benzene rings is 1. The smallest absolute Gasteiger partial charge is 0.231 e. The fourth-order valence-corrected chi connectivity index (χ4v) is 1.87. The molecule has 0 spiro atoms. The summed E-state index contributed by atoms with van der Waals surface area (Å²) in [6.07, 6.45) is 0. The first-order valence-corrected chi connectivity index (χ1v) is 5.95. The summed E-state index contributed by atoms with van der Waals surface area (Å²) in [7, 11) is 1.79. The number of nitrogens with zero attached hydrogens (tertiary/aromatic N) is 2. The molecular formula is C13H14N4O2. The molecule has 1 aromatic heterocycles. The second-order valence-corrected chi connectivity index (χ2v) is 4.16. The maximum Gasteiger partial charge on any atom is 0.231 e. The Morgan fingerprint density at radius 1 is 1.11 bits per heavy atom. The van der Waals surface area contributed by atoms with Crippen LogP contribution in [0, 0.1) is 6.92 Å². The second-order valence-electron chi connectivity index (χ2n) is 4.16. The summed E-state index contributed by atoms with van der Waals surface area (Å²) in [5, 5.41) is 6.15. The quantitative estimate of drug-likeness (QED) is 0.880. The van der Waals surface area contributed by atoms with Crippen molar-refractivity contribution < 1.29 is 9.47 Å². The number of ether oxygens (including phenoxy) is 2. The maximum atomic E-state index is 5.34. The molecule has 0 aliphatic carbocycles. The van der Waals surface area contributed by atoms with E-state index in [1.54, 1.807) is 7.05 Å². The second kappa shape index (κ2) is 4.64. The van der Waals surface area contributed by atoms with Crippen molar-refractivity contribution in [2.45, 2.75) is 6.92 Å². The number of hydrogen-bond donors (Lipinski definition) is 2. The third-order valence-electron chi connectivity index (χ3n) is 2.72. The molecule has 0 fully saturated rings. The van der Waals surface area contributed by atoms with E-state index >= 15 is 0 Å². The van der Waals surface area contributed by atoms with Gasteiger partial charge in [0.25, 0.3) is 0 Å². The Balaban J connectivity index is 1.86. The van der Waals surface area contributed by atoms with Crippen LogP contribution in [0.1, 0.15) is 5.69 Å². The van der Waals surface area contributed by atoms with Crippen molar-refractivity contribution in [3.63, 3.8) is 0 Å². The van der Waals surface area contributed by atoms with Gasteiger partial charge in [0.15, 0.2) is 11.5 Å². The molecule has 6 nitrogen and oxygen atoms in total. The molecule has 0 saturated carbocycles. The van der Waals surface area contributed by atoms with Crippen LogP contribution in [0.4, 0.5) is 17.5 Å². The molecule has 1 aliphatic rings. The molecule has 0 atom stereocenters. The first-order chi connectivity index (χ1) is 9.24. The van der Waals surface area contributed by atoms with Crippen molar-refractivity contribution in [1.82, 2.24) is 9.97 Å². The van der Waals surface area contributed by atoms with Crippen molar-refractivity contribution >= 4 is 17.5 Å². The number of rotatable bonds is 3. The Labute approximate surface area is 110 Å². The Morgan fingerprint density at radius 3 is 2.79 bits per heavy atom. The van der Waals surface area contributed by atoms with E-state index in [0.717, 1.165) is 28.7 Å². The molecule has 2 heterocycles. The molecule has 19 heavy (non-hydrogen) atoms. The highest BCUT2D eigenvalue weighted by Crippen LogP contribution is 2.34. The summed E-state index contributed by atoms with van der Waals surface area (Å²) < 4.78 is 10.6. The first-order valence-electron chi connectivity index (χ1n) is 5.95. The number of nitrogens with one attached hydrogen (secondary N) is 2. The molecule has 6 heteroatoms. The minimum atomic E-state index is 0.273. The zero-order valence-corrected chi connectivity index (χ0v) is 10.7. The zero-order chi connectivity index (χ0) is 13.2. The molecule has 1 aliphatic heterocycles. The van der Waals surface area contributed by atoms with Crippen LogP contribution in [0.5, 0.6) is 11.5 Å². The third-order valence-corrected chi connectivity index (χ3v) is 2.72. The summed E-state index contributed by atoms with van der Waals surface area (Å²) in [6.45, 7) is 2.20. The van der Waals surface area contributed by atoms with E-state index in [9.17, 15) is 0 Å². The van der Waals surface area contributed by atoms with Crippen LogP contribution in [0.3, 0.4) is 0 Å². The van der Waals surface area contributed by atoms with Gasteiger partial charge in [-0.25, -0.2) is 4.98 Å². The van der Waals surface area contributed by atoms with E-state index in [1.807, 2.05) is 31.2 Å². The zero-order valence-electron chi connectivity index (χ0n) is 10.7. The number of hydrogen-bond acceptors (Lipinski definition) is 6. The van der Waals surface area contributed by atoms with Gasteiger partial charge in [-0.15, -0.1) is 0 Å². The van der Waals surface area contributed by atoms with Gasteiger partial charge in [-0.1, -0.05) is 0 Å². The molecule has 1 aromatic carbocycles. The van der Waals surface area contributed by atoms with E-state index in [1.165, 1.54) is 0 Å². The predicted molar refractivity (Wildman–Crippen MR) is 72.2 cm³/mol. The summed E-state index contributed by atoms with van der Waals surface area (Å²) in [6, 6.07) is 7.56. The summed E-state index contributed by atoms with van der Waals surface area (Å²) >= 11 is 0. The van der Waals surface area contributed by atoms with E-state index < -0.39 is 0 Å². The van der Waals surface area contributed by atoms with Crippen LogP contribution in [-0.4, -0.2) is 23.8 Å². The predicted octanol–water partition coefficient (Wildman–Crippen LogP) is 2.30. The van der Waals surface area contributed by atoms with Gasteiger partial charge in [0.05, 0.1) is 0 Å². The number of fused-ring (bicyclic) bond motifs is 1. The molecule has 0 amide bonds. The van der Waals surface area contributed by atoms with Gasteiger partial charge < -0.3 is 20.1 Å². The van der Waals surface area contributed by atoms with Gasteiger partial charge in [0, 0.05) is 30.6 Å². The molecule has 0 saturated heterocycles. The van der Waals surface area contributed by atoms with Crippen LogP contribution in [0.25, 0.3) is 0 Å². The van der Waals surface area contributed by atoms with Gasteiger partial charge >= 0.3 is 0 Å². The lowest BCUT2D eigenvalue weighted by Gasteiger charge is -2.08. The highest BCUT2D eigenvalue weighted by Gasteiger charge is 2.13. The number of aromatic nitrogens is 2. The third kappa shape index (κ3) is 2.37. The lowest BCUT2D eigenvalue weighted by Crippen LogP contribution is -2.01.